The van der Waals surface area contributed by atoms with Gasteiger partial charge in [0, 0.05) is 5.69 Å². The van der Waals surface area contributed by atoms with Gasteiger partial charge in [0.25, 0.3) is 0 Å². The first-order valence-corrected chi connectivity index (χ1v) is 8.87. The normalized spacial score (nSPS) is 27.2. The topological polar surface area (TPSA) is 75.6 Å². The Labute approximate surface area is 148 Å². The molecule has 0 saturated heterocycles. The molecule has 2 fully saturated rings. The zero-order valence-corrected chi connectivity index (χ0v) is 14.9. The predicted octanol–water partition coefficient (Wildman–Crippen LogP) is 3.72. The van der Waals surface area contributed by atoms with Crippen molar-refractivity contribution < 1.29 is 19.4 Å². The molecule has 0 aliphatic heterocycles. The molecule has 0 heterocycles. The molecule has 1 aromatic carbocycles. The van der Waals surface area contributed by atoms with Gasteiger partial charge >= 0.3 is 5.97 Å². The molecule has 2 saturated carbocycles. The van der Waals surface area contributed by atoms with Crippen LogP contribution < -0.4 is 10.1 Å². The van der Waals surface area contributed by atoms with Crippen LogP contribution in [0.2, 0.25) is 0 Å². The molecule has 0 aromatic heterocycles. The van der Waals surface area contributed by atoms with Crippen molar-refractivity contribution in [2.24, 2.45) is 23.7 Å². The Morgan fingerprint density at radius 2 is 1.72 bits per heavy atom. The maximum Gasteiger partial charge on any atom is 0.307 e. The van der Waals surface area contributed by atoms with Gasteiger partial charge in [-0.2, -0.15) is 0 Å². The van der Waals surface area contributed by atoms with E-state index in [0.29, 0.717) is 12.3 Å². The summed E-state index contributed by atoms with van der Waals surface area (Å²) in [5.74, 6) is -1.36. The summed E-state index contributed by atoms with van der Waals surface area (Å²) in [5.41, 5.74) is 3.02. The second-order valence-electron chi connectivity index (χ2n) is 7.08. The van der Waals surface area contributed by atoms with Crippen LogP contribution in [-0.4, -0.2) is 23.6 Å². The summed E-state index contributed by atoms with van der Waals surface area (Å²) >= 11 is 0. The molecule has 2 N–H and O–H groups in total. The highest BCUT2D eigenvalue weighted by atomic mass is 16.5. The van der Waals surface area contributed by atoms with E-state index in [2.05, 4.69) is 5.32 Å². The number of hydrogen-bond acceptors (Lipinski definition) is 3. The van der Waals surface area contributed by atoms with E-state index in [0.717, 1.165) is 24.2 Å². The lowest BCUT2D eigenvalue weighted by Crippen LogP contribution is -2.37. The molecule has 134 valence electrons. The monoisotopic (exact) mass is 343 g/mol. The fourth-order valence-corrected chi connectivity index (χ4v) is 4.63. The summed E-state index contributed by atoms with van der Waals surface area (Å²) < 4.78 is 5.40. The smallest absolute Gasteiger partial charge is 0.307 e. The predicted molar refractivity (Wildman–Crippen MR) is 95.4 cm³/mol. The van der Waals surface area contributed by atoms with Gasteiger partial charge in [0.2, 0.25) is 5.91 Å². The third kappa shape index (κ3) is 3.15. The highest BCUT2D eigenvalue weighted by Crippen LogP contribution is 2.57. The van der Waals surface area contributed by atoms with E-state index in [4.69, 9.17) is 4.74 Å². The van der Waals surface area contributed by atoms with Crippen LogP contribution in [-0.2, 0) is 9.59 Å². The van der Waals surface area contributed by atoms with Gasteiger partial charge in [-0.05, 0) is 69.7 Å². The quantitative estimate of drug-likeness (QED) is 0.799. The summed E-state index contributed by atoms with van der Waals surface area (Å²) in [4.78, 5) is 24.7. The summed E-state index contributed by atoms with van der Waals surface area (Å²) in [5, 5.41) is 12.6. The number of nitrogens with one attached hydrogen (secondary N) is 1. The van der Waals surface area contributed by atoms with Gasteiger partial charge in [0.05, 0.1) is 18.4 Å². The van der Waals surface area contributed by atoms with Crippen molar-refractivity contribution in [1.29, 1.82) is 0 Å². The largest absolute Gasteiger partial charge is 0.494 e. The number of anilines is 1. The molecular weight excluding hydrogens is 318 g/mol. The van der Waals surface area contributed by atoms with Crippen molar-refractivity contribution in [3.63, 3.8) is 0 Å². The van der Waals surface area contributed by atoms with Gasteiger partial charge in [-0.3, -0.25) is 9.59 Å². The van der Waals surface area contributed by atoms with E-state index in [-0.39, 0.29) is 17.7 Å². The van der Waals surface area contributed by atoms with E-state index in [1.54, 1.807) is 24.3 Å². The molecule has 3 rings (SSSR count). The Bertz CT molecular complexity index is 703. The Morgan fingerprint density at radius 3 is 2.24 bits per heavy atom. The van der Waals surface area contributed by atoms with Crippen molar-refractivity contribution in [1.82, 2.24) is 0 Å². The molecular formula is C20H25NO4. The third-order valence-electron chi connectivity index (χ3n) is 5.44. The fraction of sp³-hybridized carbons (Fsp3) is 0.500. The van der Waals surface area contributed by atoms with E-state index in [9.17, 15) is 14.7 Å². The minimum Gasteiger partial charge on any atom is -0.494 e. The first kappa shape index (κ1) is 17.5. The van der Waals surface area contributed by atoms with E-state index >= 15 is 0 Å². The second kappa shape index (κ2) is 6.90. The maximum absolute atomic E-state index is 12.9. The van der Waals surface area contributed by atoms with Crippen LogP contribution in [0.5, 0.6) is 5.75 Å². The highest BCUT2D eigenvalue weighted by Gasteiger charge is 2.57. The summed E-state index contributed by atoms with van der Waals surface area (Å²) in [6, 6.07) is 7.17. The number of amides is 1. The van der Waals surface area contributed by atoms with Gasteiger partial charge < -0.3 is 15.2 Å². The third-order valence-corrected chi connectivity index (χ3v) is 5.44. The minimum atomic E-state index is -0.863. The molecule has 5 heteroatoms. The van der Waals surface area contributed by atoms with Crippen LogP contribution in [0.4, 0.5) is 5.69 Å². The molecule has 2 aliphatic rings. The number of ether oxygens (including phenoxy) is 1. The molecule has 0 spiro atoms. The molecule has 2 aliphatic carbocycles. The number of hydrogen-bond donors (Lipinski definition) is 2. The van der Waals surface area contributed by atoms with Gasteiger partial charge in [-0.15, -0.1) is 0 Å². The van der Waals surface area contributed by atoms with E-state index in [1.807, 2.05) is 20.8 Å². The molecule has 1 aromatic rings. The van der Waals surface area contributed by atoms with Crippen LogP contribution in [0, 0.1) is 23.7 Å². The highest BCUT2D eigenvalue weighted by molar-refractivity contribution is 5.96. The minimum absolute atomic E-state index is 0.00331. The number of carboxylic acid groups (broad SMARTS) is 1. The Kier molecular flexibility index (Phi) is 4.84. The summed E-state index contributed by atoms with van der Waals surface area (Å²) in [6.45, 7) is 6.54. The van der Waals surface area contributed by atoms with Crippen LogP contribution >= 0.6 is 0 Å². The van der Waals surface area contributed by atoms with Crippen LogP contribution in [0.3, 0.4) is 0 Å². The summed E-state index contributed by atoms with van der Waals surface area (Å²) in [6.07, 6.45) is 1.77. The van der Waals surface area contributed by atoms with E-state index in [1.165, 1.54) is 5.57 Å². The standard InChI is InChI=1S/C20H25NO4/c1-4-25-13-7-5-12(6-8-13)21-19(22)17-14-9-10-15(16(14)11(2)3)18(17)20(23)24/h5-8,14-15,17-18H,4,9-10H2,1-3H3,(H,21,22)(H,23,24)/t14-,15+,17+,18-/m0/s1. The average Bonchev–Trinajstić information content (AvgIpc) is 3.13. The van der Waals surface area contributed by atoms with Gasteiger partial charge in [-0.1, -0.05) is 11.1 Å². The van der Waals surface area contributed by atoms with Gasteiger partial charge in [0.1, 0.15) is 5.75 Å². The number of benzene rings is 1. The van der Waals surface area contributed by atoms with Crippen LogP contribution in [0.1, 0.15) is 33.6 Å². The molecule has 1 amide bonds. The second-order valence-corrected chi connectivity index (χ2v) is 7.08. The number of carbonyl (C=O) groups excluding carboxylic acids is 1. The number of fused-ring (bicyclic) bond motifs is 2. The molecule has 4 atom stereocenters. The molecule has 5 nitrogen and oxygen atoms in total. The molecule has 2 bridgehead atoms. The number of rotatable bonds is 5. The Balaban J connectivity index is 1.81. The van der Waals surface area contributed by atoms with Crippen LogP contribution in [0.25, 0.3) is 0 Å². The summed E-state index contributed by atoms with van der Waals surface area (Å²) in [7, 11) is 0. The zero-order valence-electron chi connectivity index (χ0n) is 14.9. The fourth-order valence-electron chi connectivity index (χ4n) is 4.63. The number of carbonyl (C=O) groups is 2. The SMILES string of the molecule is CCOc1ccc(NC(=O)[C@H]2[C@@H](C(=O)O)[C@@H]3CC[C@H]2C3=C(C)C)cc1. The van der Waals surface area contributed by atoms with Crippen LogP contribution in [0.15, 0.2) is 35.4 Å². The number of allylic oxidation sites excluding steroid dienone is 2. The average molecular weight is 343 g/mol. The lowest BCUT2D eigenvalue weighted by Gasteiger charge is -2.26. The lowest BCUT2D eigenvalue weighted by atomic mass is 9.78. The molecule has 0 radical (unpaired) electrons. The first-order chi connectivity index (χ1) is 11.9. The van der Waals surface area contributed by atoms with E-state index < -0.39 is 17.8 Å². The van der Waals surface area contributed by atoms with Crippen molar-refractivity contribution in [3.8, 4) is 5.75 Å². The zero-order chi connectivity index (χ0) is 18.1. The number of carboxylic acids is 1. The molecule has 0 unspecified atom stereocenters. The van der Waals surface area contributed by atoms with Crippen molar-refractivity contribution in [3.05, 3.63) is 35.4 Å². The first-order valence-electron chi connectivity index (χ1n) is 8.87. The Hall–Kier alpha value is -2.30. The maximum atomic E-state index is 12.9. The lowest BCUT2D eigenvalue weighted by molar-refractivity contribution is -0.148. The van der Waals surface area contributed by atoms with Crippen molar-refractivity contribution in [2.45, 2.75) is 33.6 Å². The van der Waals surface area contributed by atoms with Crippen molar-refractivity contribution >= 4 is 17.6 Å². The Morgan fingerprint density at radius 1 is 1.12 bits per heavy atom. The number of aliphatic carboxylic acids is 1. The van der Waals surface area contributed by atoms with Gasteiger partial charge in [-0.25, -0.2) is 0 Å². The van der Waals surface area contributed by atoms with Gasteiger partial charge in [0.15, 0.2) is 0 Å². The molecule has 25 heavy (non-hydrogen) atoms. The van der Waals surface area contributed by atoms with Crippen molar-refractivity contribution in [2.75, 3.05) is 11.9 Å².